The van der Waals surface area contributed by atoms with Crippen LogP contribution in [-0.4, -0.2) is 12.0 Å². The molecule has 1 atom stereocenters. The van der Waals surface area contributed by atoms with Crippen molar-refractivity contribution in [1.29, 1.82) is 0 Å². The molecule has 0 aliphatic heterocycles. The highest BCUT2D eigenvalue weighted by molar-refractivity contribution is 7.10. The summed E-state index contributed by atoms with van der Waals surface area (Å²) in [5.74, 6) is 1.32. The number of rotatable bonds is 3. The second kappa shape index (κ2) is 5.80. The maximum absolute atomic E-state index is 6.24. The number of nitrogens with one attached hydrogen (secondary N) is 2. The van der Waals surface area contributed by atoms with Crippen LogP contribution in [0.25, 0.3) is 0 Å². The minimum absolute atomic E-state index is 0.279. The van der Waals surface area contributed by atoms with Crippen LogP contribution in [0.3, 0.4) is 0 Å². The molecule has 3 rings (SSSR count). The molecule has 6 heteroatoms. The fourth-order valence-corrected chi connectivity index (χ4v) is 4.04. The van der Waals surface area contributed by atoms with Crippen LogP contribution >= 0.6 is 34.5 Å². The van der Waals surface area contributed by atoms with E-state index < -0.39 is 0 Å². The first-order chi connectivity index (χ1) is 9.69. The van der Waals surface area contributed by atoms with Crippen LogP contribution in [0.1, 0.15) is 29.3 Å². The Bertz CT molecular complexity index is 627. The molecule has 0 aromatic carbocycles. The molecule has 2 N–H and O–H groups in total. The van der Waals surface area contributed by atoms with E-state index in [0.29, 0.717) is 21.7 Å². The number of anilines is 2. The minimum Gasteiger partial charge on any atom is -0.372 e. The van der Waals surface area contributed by atoms with E-state index in [0.717, 1.165) is 6.42 Å². The van der Waals surface area contributed by atoms with Gasteiger partial charge in [-0.1, -0.05) is 23.2 Å². The monoisotopic (exact) mass is 327 g/mol. The Kier molecular flexibility index (Phi) is 4.06. The van der Waals surface area contributed by atoms with E-state index in [-0.39, 0.29) is 6.04 Å². The number of halogens is 2. The zero-order valence-corrected chi connectivity index (χ0v) is 13.4. The van der Waals surface area contributed by atoms with Crippen LogP contribution in [0.2, 0.25) is 10.0 Å². The van der Waals surface area contributed by atoms with Gasteiger partial charge in [0, 0.05) is 11.9 Å². The van der Waals surface area contributed by atoms with Gasteiger partial charge in [0.15, 0.2) is 0 Å². The number of hydrogen-bond donors (Lipinski definition) is 2. The van der Waals surface area contributed by atoms with Gasteiger partial charge in [-0.2, -0.15) is 0 Å². The third-order valence-corrected chi connectivity index (χ3v) is 5.10. The molecule has 0 amide bonds. The Morgan fingerprint density at radius 2 is 2.10 bits per heavy atom. The molecule has 1 unspecified atom stereocenters. The van der Waals surface area contributed by atoms with Gasteiger partial charge in [0.25, 0.3) is 0 Å². The Labute approximate surface area is 132 Å². The zero-order valence-electron chi connectivity index (χ0n) is 11.0. The molecule has 1 aliphatic rings. The van der Waals surface area contributed by atoms with E-state index in [2.05, 4.69) is 27.1 Å². The first-order valence-electron chi connectivity index (χ1n) is 6.55. The van der Waals surface area contributed by atoms with Crippen LogP contribution in [0.5, 0.6) is 0 Å². The van der Waals surface area contributed by atoms with E-state index in [1.54, 1.807) is 13.1 Å². The fourth-order valence-electron chi connectivity index (χ4n) is 2.54. The van der Waals surface area contributed by atoms with Crippen LogP contribution in [0.4, 0.5) is 11.6 Å². The van der Waals surface area contributed by atoms with Gasteiger partial charge in [-0.3, -0.25) is 0 Å². The first kappa shape index (κ1) is 14.0. The maximum Gasteiger partial charge on any atom is 0.147 e. The number of fused-ring (bicyclic) bond motifs is 1. The standard InChI is InChI=1S/C14H15Cl2N3S/c1-17-13-9(15)7-10(16)14(19-13)18-11-3-2-4-12-8(11)5-6-20-12/h5-7,11H,2-4H2,1H3,(H2,17,18,19). The summed E-state index contributed by atoms with van der Waals surface area (Å²) in [5.41, 5.74) is 1.38. The summed E-state index contributed by atoms with van der Waals surface area (Å²) in [6.07, 6.45) is 3.46. The van der Waals surface area contributed by atoms with E-state index in [4.69, 9.17) is 23.2 Å². The Hall–Kier alpha value is -0.970. The van der Waals surface area contributed by atoms with Gasteiger partial charge in [-0.25, -0.2) is 4.98 Å². The van der Waals surface area contributed by atoms with Gasteiger partial charge in [0.2, 0.25) is 0 Å². The lowest BCUT2D eigenvalue weighted by molar-refractivity contribution is 0.607. The third-order valence-electron chi connectivity index (χ3n) is 3.53. The second-order valence-electron chi connectivity index (χ2n) is 4.79. The van der Waals surface area contributed by atoms with E-state index in [9.17, 15) is 0 Å². The molecule has 0 bridgehead atoms. The maximum atomic E-state index is 6.24. The fraction of sp³-hybridized carbons (Fsp3) is 0.357. The van der Waals surface area contributed by atoms with Crippen molar-refractivity contribution in [3.05, 3.63) is 38.0 Å². The van der Waals surface area contributed by atoms with E-state index in [1.165, 1.54) is 23.3 Å². The van der Waals surface area contributed by atoms with Gasteiger partial charge in [-0.15, -0.1) is 11.3 Å². The van der Waals surface area contributed by atoms with E-state index >= 15 is 0 Å². The molecule has 0 fully saturated rings. The van der Waals surface area contributed by atoms with Crippen molar-refractivity contribution in [1.82, 2.24) is 4.98 Å². The number of pyridine rings is 1. The minimum atomic E-state index is 0.279. The van der Waals surface area contributed by atoms with Crippen LogP contribution < -0.4 is 10.6 Å². The predicted molar refractivity (Wildman–Crippen MR) is 87.4 cm³/mol. The van der Waals surface area contributed by atoms with Crippen molar-refractivity contribution in [3.63, 3.8) is 0 Å². The Morgan fingerprint density at radius 1 is 1.30 bits per heavy atom. The summed E-state index contributed by atoms with van der Waals surface area (Å²) in [4.78, 5) is 5.92. The smallest absolute Gasteiger partial charge is 0.147 e. The van der Waals surface area contributed by atoms with Gasteiger partial charge >= 0.3 is 0 Å². The zero-order chi connectivity index (χ0) is 14.1. The predicted octanol–water partition coefficient (Wildman–Crippen LogP) is 4.98. The van der Waals surface area contributed by atoms with Gasteiger partial charge < -0.3 is 10.6 Å². The summed E-state index contributed by atoms with van der Waals surface area (Å²) in [6.45, 7) is 0. The highest BCUT2D eigenvalue weighted by Gasteiger charge is 2.22. The molecule has 0 radical (unpaired) electrons. The SMILES string of the molecule is CNc1nc(NC2CCCc3sccc32)c(Cl)cc1Cl. The summed E-state index contributed by atoms with van der Waals surface area (Å²) < 4.78 is 0. The average molecular weight is 328 g/mol. The van der Waals surface area contributed by atoms with Gasteiger partial charge in [0.1, 0.15) is 11.6 Å². The highest BCUT2D eigenvalue weighted by atomic mass is 35.5. The molecule has 2 aromatic rings. The number of aryl methyl sites for hydroxylation is 1. The first-order valence-corrected chi connectivity index (χ1v) is 8.19. The summed E-state index contributed by atoms with van der Waals surface area (Å²) in [6, 6.07) is 4.20. The summed E-state index contributed by atoms with van der Waals surface area (Å²) >= 11 is 14.1. The second-order valence-corrected chi connectivity index (χ2v) is 6.60. The molecule has 2 heterocycles. The normalized spacial score (nSPS) is 17.6. The van der Waals surface area contributed by atoms with Crippen LogP contribution in [-0.2, 0) is 6.42 Å². The van der Waals surface area contributed by atoms with Crippen molar-refractivity contribution in [2.75, 3.05) is 17.7 Å². The van der Waals surface area contributed by atoms with E-state index in [1.807, 2.05) is 11.3 Å². The van der Waals surface area contributed by atoms with Crippen molar-refractivity contribution in [2.24, 2.45) is 0 Å². The summed E-state index contributed by atoms with van der Waals surface area (Å²) in [7, 11) is 1.80. The molecule has 3 nitrogen and oxygen atoms in total. The van der Waals surface area contributed by atoms with Crippen molar-refractivity contribution < 1.29 is 0 Å². The molecule has 0 saturated carbocycles. The molecule has 0 spiro atoms. The van der Waals surface area contributed by atoms with Crippen molar-refractivity contribution in [3.8, 4) is 0 Å². The lowest BCUT2D eigenvalue weighted by Gasteiger charge is -2.25. The number of nitrogens with zero attached hydrogens (tertiary/aromatic N) is 1. The number of hydrogen-bond acceptors (Lipinski definition) is 4. The topological polar surface area (TPSA) is 37.0 Å². The Morgan fingerprint density at radius 3 is 2.90 bits per heavy atom. The lowest BCUT2D eigenvalue weighted by Crippen LogP contribution is -2.16. The quantitative estimate of drug-likeness (QED) is 0.834. The van der Waals surface area contributed by atoms with Crippen molar-refractivity contribution >= 4 is 46.2 Å². The number of thiophene rings is 1. The molecule has 1 aliphatic carbocycles. The van der Waals surface area contributed by atoms with Crippen LogP contribution in [0, 0.1) is 0 Å². The molecular formula is C14H15Cl2N3S. The van der Waals surface area contributed by atoms with Gasteiger partial charge in [-0.05, 0) is 42.3 Å². The summed E-state index contributed by atoms with van der Waals surface area (Å²) in [5, 5.41) is 9.67. The van der Waals surface area contributed by atoms with Crippen molar-refractivity contribution in [2.45, 2.75) is 25.3 Å². The molecule has 20 heavy (non-hydrogen) atoms. The third kappa shape index (κ3) is 2.60. The van der Waals surface area contributed by atoms with Crippen LogP contribution in [0.15, 0.2) is 17.5 Å². The molecule has 2 aromatic heterocycles. The molecule has 0 saturated heterocycles. The largest absolute Gasteiger partial charge is 0.372 e. The number of aromatic nitrogens is 1. The molecule has 106 valence electrons. The highest BCUT2D eigenvalue weighted by Crippen LogP contribution is 2.37. The molecular weight excluding hydrogens is 313 g/mol. The average Bonchev–Trinajstić information content (AvgIpc) is 2.91. The Balaban J connectivity index is 1.89. The lowest BCUT2D eigenvalue weighted by atomic mass is 9.94. The van der Waals surface area contributed by atoms with Gasteiger partial charge in [0.05, 0.1) is 16.1 Å².